The normalized spacial score (nSPS) is 16.1. The van der Waals surface area contributed by atoms with Gasteiger partial charge in [0.05, 0.1) is 18.7 Å². The van der Waals surface area contributed by atoms with Crippen molar-refractivity contribution in [1.82, 2.24) is 0 Å². The lowest BCUT2D eigenvalue weighted by molar-refractivity contribution is -0.122. The highest BCUT2D eigenvalue weighted by Gasteiger charge is 2.35. The van der Waals surface area contributed by atoms with E-state index in [4.69, 9.17) is 14.2 Å². The highest BCUT2D eigenvalue weighted by molar-refractivity contribution is 6.06. The molecule has 2 N–H and O–H groups in total. The second-order valence-electron chi connectivity index (χ2n) is 8.31. The van der Waals surface area contributed by atoms with Gasteiger partial charge in [-0.3, -0.25) is 14.4 Å². The summed E-state index contributed by atoms with van der Waals surface area (Å²) >= 11 is 0. The largest absolute Gasteiger partial charge is 0.497 e. The summed E-state index contributed by atoms with van der Waals surface area (Å²) in [7, 11) is 1.53. The predicted octanol–water partition coefficient (Wildman–Crippen LogP) is 3.81. The van der Waals surface area contributed by atoms with Crippen molar-refractivity contribution >= 4 is 34.8 Å². The molecule has 0 saturated carbocycles. The summed E-state index contributed by atoms with van der Waals surface area (Å²) in [6.07, 6.45) is -0.00873. The first-order valence-corrected chi connectivity index (χ1v) is 11.2. The van der Waals surface area contributed by atoms with E-state index in [1.807, 2.05) is 0 Å². The van der Waals surface area contributed by atoms with Gasteiger partial charge in [-0.25, -0.2) is 4.39 Å². The first-order chi connectivity index (χ1) is 17.4. The van der Waals surface area contributed by atoms with Crippen LogP contribution in [0.5, 0.6) is 17.2 Å². The van der Waals surface area contributed by atoms with E-state index >= 15 is 0 Å². The smallest absolute Gasteiger partial charge is 0.255 e. The fourth-order valence-electron chi connectivity index (χ4n) is 4.09. The van der Waals surface area contributed by atoms with Crippen molar-refractivity contribution in [3.8, 4) is 17.2 Å². The molecule has 0 aliphatic carbocycles. The fourth-order valence-corrected chi connectivity index (χ4v) is 4.09. The number of anilines is 3. The molecule has 3 aromatic carbocycles. The zero-order valence-corrected chi connectivity index (χ0v) is 19.2. The third-order valence-corrected chi connectivity index (χ3v) is 5.98. The minimum absolute atomic E-state index is 0.00873. The van der Waals surface area contributed by atoms with E-state index in [1.54, 1.807) is 42.5 Å². The maximum absolute atomic E-state index is 14.5. The molecule has 3 amide bonds. The van der Waals surface area contributed by atoms with Crippen LogP contribution in [0.2, 0.25) is 0 Å². The van der Waals surface area contributed by atoms with E-state index in [2.05, 4.69) is 10.6 Å². The molecule has 3 aromatic rings. The molecule has 0 radical (unpaired) electrons. The summed E-state index contributed by atoms with van der Waals surface area (Å²) in [5.74, 6) is -0.881. The lowest BCUT2D eigenvalue weighted by Crippen LogP contribution is -2.28. The van der Waals surface area contributed by atoms with Crippen LogP contribution >= 0.6 is 0 Å². The van der Waals surface area contributed by atoms with Crippen molar-refractivity contribution in [3.63, 3.8) is 0 Å². The number of hydrogen-bond donors (Lipinski definition) is 2. The van der Waals surface area contributed by atoms with E-state index < -0.39 is 23.5 Å². The molecule has 1 atom stereocenters. The number of rotatable bonds is 6. The van der Waals surface area contributed by atoms with Crippen LogP contribution in [0.15, 0.2) is 60.7 Å². The maximum Gasteiger partial charge on any atom is 0.255 e. The summed E-state index contributed by atoms with van der Waals surface area (Å²) < 4.78 is 30.2. The summed E-state index contributed by atoms with van der Waals surface area (Å²) in [6.45, 7) is 0.241. The maximum atomic E-state index is 14.5. The summed E-state index contributed by atoms with van der Waals surface area (Å²) in [4.78, 5) is 39.6. The Kier molecular flexibility index (Phi) is 6.16. The van der Waals surface area contributed by atoms with Crippen LogP contribution in [0.25, 0.3) is 0 Å². The van der Waals surface area contributed by atoms with Crippen molar-refractivity contribution in [1.29, 1.82) is 0 Å². The van der Waals surface area contributed by atoms with Gasteiger partial charge in [-0.05, 0) is 48.5 Å². The lowest BCUT2D eigenvalue weighted by Gasteiger charge is -2.17. The number of benzene rings is 3. The molecule has 184 valence electrons. The number of ether oxygens (including phenoxy) is 3. The Balaban J connectivity index is 1.26. The number of amides is 3. The third kappa shape index (κ3) is 4.65. The van der Waals surface area contributed by atoms with Crippen LogP contribution in [-0.4, -0.2) is 38.2 Å². The van der Waals surface area contributed by atoms with Gasteiger partial charge in [0.15, 0.2) is 11.5 Å². The van der Waals surface area contributed by atoms with Gasteiger partial charge in [0.25, 0.3) is 5.91 Å². The number of carbonyl (C=O) groups is 3. The van der Waals surface area contributed by atoms with Crippen molar-refractivity contribution in [2.75, 3.05) is 36.0 Å². The minimum Gasteiger partial charge on any atom is -0.497 e. The van der Waals surface area contributed by atoms with Crippen LogP contribution in [0.4, 0.5) is 21.5 Å². The zero-order valence-electron chi connectivity index (χ0n) is 19.2. The molecule has 2 aliphatic rings. The number of hydrogen-bond acceptors (Lipinski definition) is 6. The SMILES string of the molecule is COc1cccc(N2CC(C(=O)Nc3cc(NC(=O)c4ccc5c(c4)OCO5)ccc3F)CC2=O)c1. The number of halogens is 1. The highest BCUT2D eigenvalue weighted by Crippen LogP contribution is 2.33. The topological polar surface area (TPSA) is 106 Å². The van der Waals surface area contributed by atoms with Gasteiger partial charge >= 0.3 is 0 Å². The average molecular weight is 491 g/mol. The number of nitrogens with one attached hydrogen (secondary N) is 2. The first kappa shape index (κ1) is 23.2. The van der Waals surface area contributed by atoms with E-state index in [9.17, 15) is 18.8 Å². The quantitative estimate of drug-likeness (QED) is 0.543. The zero-order chi connectivity index (χ0) is 25.2. The van der Waals surface area contributed by atoms with Crippen LogP contribution < -0.4 is 29.7 Å². The Morgan fingerprint density at radius 2 is 1.86 bits per heavy atom. The molecule has 0 aromatic heterocycles. The molecule has 2 heterocycles. The van der Waals surface area contributed by atoms with Crippen molar-refractivity contribution in [3.05, 3.63) is 72.0 Å². The molecule has 2 aliphatic heterocycles. The summed E-state index contributed by atoms with van der Waals surface area (Å²) in [5.41, 5.74) is 1.14. The van der Waals surface area contributed by atoms with Crippen molar-refractivity contribution in [2.24, 2.45) is 5.92 Å². The van der Waals surface area contributed by atoms with Gasteiger partial charge in [-0.2, -0.15) is 0 Å². The fraction of sp³-hybridized carbons (Fsp3) is 0.192. The third-order valence-electron chi connectivity index (χ3n) is 5.98. The van der Waals surface area contributed by atoms with Gasteiger partial charge in [0.2, 0.25) is 18.6 Å². The molecule has 1 saturated heterocycles. The standard InChI is InChI=1S/C26H22FN3O6/c1-34-19-4-2-3-18(12-19)30-13-16(10-24(30)31)26(33)29-21-11-17(6-7-20(21)27)28-25(32)15-5-8-22-23(9-15)36-14-35-22/h2-9,11-12,16H,10,13-14H2,1H3,(H,28,32)(H,29,33). The molecule has 9 nitrogen and oxygen atoms in total. The molecule has 5 rings (SSSR count). The Morgan fingerprint density at radius 1 is 1.03 bits per heavy atom. The molecule has 10 heteroatoms. The Hall–Kier alpha value is -4.60. The average Bonchev–Trinajstić information content (AvgIpc) is 3.52. The van der Waals surface area contributed by atoms with Gasteiger partial charge in [0, 0.05) is 36.0 Å². The number of nitrogens with zero attached hydrogens (tertiary/aromatic N) is 1. The van der Waals surface area contributed by atoms with Gasteiger partial charge in [0.1, 0.15) is 11.6 Å². The predicted molar refractivity (Wildman–Crippen MR) is 129 cm³/mol. The summed E-state index contributed by atoms with van der Waals surface area (Å²) in [5, 5.41) is 5.23. The second-order valence-corrected chi connectivity index (χ2v) is 8.31. The molecule has 0 spiro atoms. The molecule has 1 unspecified atom stereocenters. The molecule has 1 fully saturated rings. The first-order valence-electron chi connectivity index (χ1n) is 11.2. The van der Waals surface area contributed by atoms with Crippen LogP contribution in [0.1, 0.15) is 16.8 Å². The molecular formula is C26H22FN3O6. The van der Waals surface area contributed by atoms with E-state index in [1.165, 1.54) is 24.1 Å². The Bertz CT molecular complexity index is 1360. The van der Waals surface area contributed by atoms with Crippen LogP contribution in [-0.2, 0) is 9.59 Å². The van der Waals surface area contributed by atoms with E-state index in [-0.39, 0.29) is 37.0 Å². The van der Waals surface area contributed by atoms with E-state index in [0.717, 1.165) is 6.07 Å². The van der Waals surface area contributed by atoms with Crippen molar-refractivity contribution < 1.29 is 33.0 Å². The monoisotopic (exact) mass is 491 g/mol. The van der Waals surface area contributed by atoms with Crippen LogP contribution in [0, 0.1) is 11.7 Å². The Morgan fingerprint density at radius 3 is 2.69 bits per heavy atom. The summed E-state index contributed by atoms with van der Waals surface area (Å²) in [6, 6.07) is 15.6. The minimum atomic E-state index is -0.671. The molecule has 0 bridgehead atoms. The second kappa shape index (κ2) is 9.57. The Labute approximate surface area is 205 Å². The van der Waals surface area contributed by atoms with Crippen molar-refractivity contribution in [2.45, 2.75) is 6.42 Å². The number of methoxy groups -OCH3 is 1. The van der Waals surface area contributed by atoms with Gasteiger partial charge in [-0.15, -0.1) is 0 Å². The number of carbonyl (C=O) groups excluding carboxylic acids is 3. The number of fused-ring (bicyclic) bond motifs is 1. The molecule has 36 heavy (non-hydrogen) atoms. The van der Waals surface area contributed by atoms with E-state index in [0.29, 0.717) is 28.5 Å². The highest BCUT2D eigenvalue weighted by atomic mass is 19.1. The lowest BCUT2D eigenvalue weighted by atomic mass is 10.1. The van der Waals surface area contributed by atoms with Gasteiger partial charge < -0.3 is 29.7 Å². The van der Waals surface area contributed by atoms with Gasteiger partial charge in [-0.1, -0.05) is 6.07 Å². The molecular weight excluding hydrogens is 469 g/mol. The van der Waals surface area contributed by atoms with Crippen LogP contribution in [0.3, 0.4) is 0 Å².